The highest BCUT2D eigenvalue weighted by atomic mass is 16.6. The second-order valence-corrected chi connectivity index (χ2v) is 5.60. The number of esters is 1. The molecule has 1 aliphatic heterocycles. The van der Waals surface area contributed by atoms with Gasteiger partial charge in [-0.1, -0.05) is 19.9 Å². The maximum Gasteiger partial charge on any atom is 0.309 e. The second kappa shape index (κ2) is 3.31. The van der Waals surface area contributed by atoms with Gasteiger partial charge in [-0.05, 0) is 30.6 Å². The summed E-state index contributed by atoms with van der Waals surface area (Å²) in [6.45, 7) is 4.05. The van der Waals surface area contributed by atoms with Gasteiger partial charge in [0, 0.05) is 11.3 Å². The van der Waals surface area contributed by atoms with Crippen molar-refractivity contribution in [2.24, 2.45) is 17.3 Å². The molecule has 4 atom stereocenters. The molecule has 0 N–H and O–H groups in total. The summed E-state index contributed by atoms with van der Waals surface area (Å²) in [5.74, 6) is 0.105. The predicted molar refractivity (Wildman–Crippen MR) is 62.1 cm³/mol. The van der Waals surface area contributed by atoms with Crippen LogP contribution in [0.4, 0.5) is 0 Å². The summed E-state index contributed by atoms with van der Waals surface area (Å²) in [5, 5.41) is 0. The van der Waals surface area contributed by atoms with Gasteiger partial charge in [-0.25, -0.2) is 0 Å². The van der Waals surface area contributed by atoms with Crippen LogP contribution < -0.4 is 0 Å². The molecule has 2 aliphatic carbocycles. The molecule has 3 heteroatoms. The van der Waals surface area contributed by atoms with E-state index in [0.717, 1.165) is 18.4 Å². The summed E-state index contributed by atoms with van der Waals surface area (Å²) in [6, 6.07) is 0. The number of carbonyl (C=O) groups excluding carboxylic acids is 2. The molecule has 3 nitrogen and oxygen atoms in total. The lowest BCUT2D eigenvalue weighted by Gasteiger charge is -2.41. The maximum absolute atomic E-state index is 11.6. The summed E-state index contributed by atoms with van der Waals surface area (Å²) in [7, 11) is 0. The summed E-state index contributed by atoms with van der Waals surface area (Å²) in [4.78, 5) is 23.2. The normalized spacial score (nSPS) is 43.9. The van der Waals surface area contributed by atoms with Crippen molar-refractivity contribution >= 4 is 11.8 Å². The van der Waals surface area contributed by atoms with E-state index in [1.807, 2.05) is 13.0 Å². The van der Waals surface area contributed by atoms with Gasteiger partial charge in [0.25, 0.3) is 0 Å². The minimum atomic E-state index is -0.176. The zero-order chi connectivity index (χ0) is 12.2. The van der Waals surface area contributed by atoms with Gasteiger partial charge in [0.1, 0.15) is 6.10 Å². The van der Waals surface area contributed by atoms with Crippen LogP contribution in [0, 0.1) is 17.3 Å². The highest BCUT2D eigenvalue weighted by Crippen LogP contribution is 2.51. The molecule has 17 heavy (non-hydrogen) atoms. The Kier molecular flexibility index (Phi) is 2.09. The van der Waals surface area contributed by atoms with Crippen molar-refractivity contribution in [3.05, 3.63) is 23.8 Å². The third-order valence-corrected chi connectivity index (χ3v) is 4.52. The van der Waals surface area contributed by atoms with Crippen LogP contribution in [-0.4, -0.2) is 17.9 Å². The van der Waals surface area contributed by atoms with Crippen molar-refractivity contribution in [3.8, 4) is 0 Å². The number of rotatable bonds is 0. The van der Waals surface area contributed by atoms with Crippen LogP contribution >= 0.6 is 0 Å². The summed E-state index contributed by atoms with van der Waals surface area (Å²) < 4.78 is 5.47. The predicted octanol–water partition coefficient (Wildman–Crippen LogP) is 2.03. The fraction of sp³-hybridized carbons (Fsp3) is 0.571. The fourth-order valence-corrected chi connectivity index (χ4v) is 3.28. The first-order valence-corrected chi connectivity index (χ1v) is 6.17. The highest BCUT2D eigenvalue weighted by Gasteiger charge is 2.51. The molecule has 0 aromatic heterocycles. The van der Waals surface area contributed by atoms with Crippen LogP contribution in [0.15, 0.2) is 23.8 Å². The Morgan fingerprint density at radius 2 is 2.18 bits per heavy atom. The van der Waals surface area contributed by atoms with E-state index < -0.39 is 0 Å². The molecule has 0 bridgehead atoms. The van der Waals surface area contributed by atoms with Crippen molar-refractivity contribution in [3.63, 3.8) is 0 Å². The quantitative estimate of drug-likeness (QED) is 0.600. The smallest absolute Gasteiger partial charge is 0.309 e. The standard InChI is InChI=1S/C14H16O3/c1-8-10-4-6-14(2)5-3-9(15)7-11(14)12(10)17-13(8)16/h3,5,7-8,10,12H,4,6H2,1-2H3/t8-,10?,12-,14?/m0/s1. The van der Waals surface area contributed by atoms with Gasteiger partial charge in [-0.3, -0.25) is 9.59 Å². The lowest BCUT2D eigenvalue weighted by Crippen LogP contribution is -2.38. The Hall–Kier alpha value is -1.38. The molecule has 0 aromatic rings. The van der Waals surface area contributed by atoms with Crippen molar-refractivity contribution in [1.29, 1.82) is 0 Å². The number of ether oxygens (including phenoxy) is 1. The van der Waals surface area contributed by atoms with Crippen molar-refractivity contribution < 1.29 is 14.3 Å². The molecule has 2 unspecified atom stereocenters. The Bertz CT molecular complexity index is 460. The largest absolute Gasteiger partial charge is 0.457 e. The van der Waals surface area contributed by atoms with E-state index in [4.69, 9.17) is 4.74 Å². The van der Waals surface area contributed by atoms with Crippen LogP contribution in [0.2, 0.25) is 0 Å². The number of ketones is 1. The third-order valence-electron chi connectivity index (χ3n) is 4.52. The Labute approximate surface area is 101 Å². The monoisotopic (exact) mass is 232 g/mol. The third kappa shape index (κ3) is 1.41. The van der Waals surface area contributed by atoms with Crippen molar-refractivity contribution in [1.82, 2.24) is 0 Å². The molecule has 90 valence electrons. The van der Waals surface area contributed by atoms with E-state index in [2.05, 4.69) is 6.92 Å². The van der Waals surface area contributed by atoms with Crippen LogP contribution in [0.25, 0.3) is 0 Å². The van der Waals surface area contributed by atoms with Gasteiger partial charge in [0.05, 0.1) is 5.92 Å². The minimum absolute atomic E-state index is 0.00808. The van der Waals surface area contributed by atoms with E-state index in [0.29, 0.717) is 0 Å². The van der Waals surface area contributed by atoms with Gasteiger partial charge in [-0.15, -0.1) is 0 Å². The summed E-state index contributed by atoms with van der Waals surface area (Å²) in [6.07, 6.45) is 7.07. The van der Waals surface area contributed by atoms with E-state index in [-0.39, 0.29) is 35.1 Å². The summed E-state index contributed by atoms with van der Waals surface area (Å²) >= 11 is 0. The fourth-order valence-electron chi connectivity index (χ4n) is 3.28. The highest BCUT2D eigenvalue weighted by molar-refractivity contribution is 6.01. The average Bonchev–Trinajstić information content (AvgIpc) is 2.57. The Morgan fingerprint density at radius 3 is 2.94 bits per heavy atom. The molecular formula is C14H16O3. The van der Waals surface area contributed by atoms with E-state index in [9.17, 15) is 9.59 Å². The minimum Gasteiger partial charge on any atom is -0.457 e. The lowest BCUT2D eigenvalue weighted by molar-refractivity contribution is -0.143. The van der Waals surface area contributed by atoms with E-state index in [1.54, 1.807) is 12.2 Å². The molecule has 0 aromatic carbocycles. The molecule has 0 amide bonds. The molecule has 3 aliphatic rings. The molecule has 2 fully saturated rings. The SMILES string of the molecule is C[C@@H]1C(=O)O[C@@H]2C3=CC(=O)C=CC3(C)CCC12. The van der Waals surface area contributed by atoms with E-state index >= 15 is 0 Å². The topological polar surface area (TPSA) is 43.4 Å². The molecule has 3 rings (SSSR count). The first-order chi connectivity index (χ1) is 8.01. The van der Waals surface area contributed by atoms with Crippen LogP contribution in [-0.2, 0) is 14.3 Å². The van der Waals surface area contributed by atoms with Gasteiger partial charge < -0.3 is 4.74 Å². The zero-order valence-electron chi connectivity index (χ0n) is 10.1. The molecular weight excluding hydrogens is 216 g/mol. The van der Waals surface area contributed by atoms with Crippen LogP contribution in [0.3, 0.4) is 0 Å². The molecule has 1 heterocycles. The number of allylic oxidation sites excluding steroid dienone is 3. The number of fused-ring (bicyclic) bond motifs is 3. The number of hydrogen-bond donors (Lipinski definition) is 0. The number of carbonyl (C=O) groups is 2. The first-order valence-electron chi connectivity index (χ1n) is 6.17. The molecule has 1 saturated carbocycles. The first kappa shape index (κ1) is 10.8. The molecule has 0 spiro atoms. The molecule has 0 radical (unpaired) electrons. The summed E-state index contributed by atoms with van der Waals surface area (Å²) in [5.41, 5.74) is 0.901. The maximum atomic E-state index is 11.6. The van der Waals surface area contributed by atoms with Crippen molar-refractivity contribution in [2.45, 2.75) is 32.8 Å². The van der Waals surface area contributed by atoms with Gasteiger partial charge in [0.15, 0.2) is 5.78 Å². The number of hydrogen-bond acceptors (Lipinski definition) is 3. The van der Waals surface area contributed by atoms with E-state index in [1.165, 1.54) is 0 Å². The zero-order valence-corrected chi connectivity index (χ0v) is 10.1. The van der Waals surface area contributed by atoms with Gasteiger partial charge in [0.2, 0.25) is 0 Å². The second-order valence-electron chi connectivity index (χ2n) is 5.60. The van der Waals surface area contributed by atoms with Crippen molar-refractivity contribution in [2.75, 3.05) is 0 Å². The van der Waals surface area contributed by atoms with Gasteiger partial charge >= 0.3 is 5.97 Å². The van der Waals surface area contributed by atoms with Crippen LogP contribution in [0.1, 0.15) is 26.7 Å². The molecule has 1 saturated heterocycles. The van der Waals surface area contributed by atoms with Crippen LogP contribution in [0.5, 0.6) is 0 Å². The lowest BCUT2D eigenvalue weighted by atomic mass is 9.63. The van der Waals surface area contributed by atoms with Gasteiger partial charge in [-0.2, -0.15) is 0 Å². The Morgan fingerprint density at radius 1 is 1.41 bits per heavy atom. The average molecular weight is 232 g/mol. The Balaban J connectivity index is 2.02.